The Labute approximate surface area is 88.7 Å². The van der Waals surface area contributed by atoms with Crippen molar-refractivity contribution in [2.24, 2.45) is 0 Å². The Hall–Kier alpha value is -0.0800. The molecular formula is C12H26O2. The second-order valence-corrected chi connectivity index (χ2v) is 5.18. The van der Waals surface area contributed by atoms with Gasteiger partial charge in [-0.2, -0.15) is 0 Å². The standard InChI is InChI=1S/C12H26O2/c1-7-9-11(3,4)14-10(8-2)12(5,6)13/h10,13H,7-9H2,1-6H3. The van der Waals surface area contributed by atoms with E-state index in [4.69, 9.17) is 4.74 Å². The topological polar surface area (TPSA) is 29.5 Å². The highest BCUT2D eigenvalue weighted by Crippen LogP contribution is 2.25. The Bertz CT molecular complexity index is 156. The van der Waals surface area contributed by atoms with Crippen LogP contribution in [0, 0.1) is 0 Å². The molecule has 1 atom stereocenters. The maximum atomic E-state index is 9.88. The van der Waals surface area contributed by atoms with Crippen LogP contribution >= 0.6 is 0 Å². The number of hydrogen-bond donors (Lipinski definition) is 1. The Morgan fingerprint density at radius 2 is 1.64 bits per heavy atom. The van der Waals surface area contributed by atoms with Gasteiger partial charge in [0.25, 0.3) is 0 Å². The SMILES string of the molecule is CCCC(C)(C)OC(CC)C(C)(C)O. The molecule has 0 aliphatic carbocycles. The van der Waals surface area contributed by atoms with Gasteiger partial charge in [-0.1, -0.05) is 20.3 Å². The molecule has 0 spiro atoms. The van der Waals surface area contributed by atoms with Gasteiger partial charge in [0.1, 0.15) is 0 Å². The van der Waals surface area contributed by atoms with Gasteiger partial charge in [0.2, 0.25) is 0 Å². The van der Waals surface area contributed by atoms with Gasteiger partial charge in [-0.05, 0) is 40.5 Å². The minimum absolute atomic E-state index is 0.0796. The third-order valence-corrected chi connectivity index (χ3v) is 2.47. The van der Waals surface area contributed by atoms with Gasteiger partial charge >= 0.3 is 0 Å². The summed E-state index contributed by atoms with van der Waals surface area (Å²) in [5.74, 6) is 0. The van der Waals surface area contributed by atoms with E-state index in [1.54, 1.807) is 0 Å². The van der Waals surface area contributed by atoms with Crippen LogP contribution in [0.3, 0.4) is 0 Å². The van der Waals surface area contributed by atoms with E-state index in [9.17, 15) is 5.11 Å². The quantitative estimate of drug-likeness (QED) is 0.717. The lowest BCUT2D eigenvalue weighted by molar-refractivity contribution is -0.154. The third kappa shape index (κ3) is 4.97. The van der Waals surface area contributed by atoms with Crippen LogP contribution in [0.2, 0.25) is 0 Å². The summed E-state index contributed by atoms with van der Waals surface area (Å²) < 4.78 is 5.94. The van der Waals surface area contributed by atoms with Gasteiger partial charge < -0.3 is 9.84 Å². The number of aliphatic hydroxyl groups is 1. The summed E-state index contributed by atoms with van der Waals surface area (Å²) in [5, 5.41) is 9.88. The van der Waals surface area contributed by atoms with Crippen LogP contribution in [0.15, 0.2) is 0 Å². The maximum Gasteiger partial charge on any atom is 0.0861 e. The van der Waals surface area contributed by atoms with E-state index in [1.165, 1.54) is 0 Å². The van der Waals surface area contributed by atoms with E-state index < -0.39 is 5.60 Å². The lowest BCUT2D eigenvalue weighted by Crippen LogP contribution is -2.43. The highest BCUT2D eigenvalue weighted by atomic mass is 16.5. The van der Waals surface area contributed by atoms with Crippen molar-refractivity contribution in [1.82, 2.24) is 0 Å². The van der Waals surface area contributed by atoms with E-state index in [-0.39, 0.29) is 11.7 Å². The van der Waals surface area contributed by atoms with Crippen molar-refractivity contribution in [3.63, 3.8) is 0 Å². The monoisotopic (exact) mass is 202 g/mol. The predicted molar refractivity (Wildman–Crippen MR) is 60.4 cm³/mol. The fourth-order valence-electron chi connectivity index (χ4n) is 1.77. The highest BCUT2D eigenvalue weighted by molar-refractivity contribution is 4.81. The number of hydrogen-bond acceptors (Lipinski definition) is 2. The van der Waals surface area contributed by atoms with Crippen LogP contribution in [-0.2, 0) is 4.74 Å². The Morgan fingerprint density at radius 3 is 1.93 bits per heavy atom. The number of rotatable bonds is 6. The Balaban J connectivity index is 4.31. The molecule has 86 valence electrons. The van der Waals surface area contributed by atoms with Crippen molar-refractivity contribution >= 4 is 0 Å². The minimum atomic E-state index is -0.750. The van der Waals surface area contributed by atoms with Crippen LogP contribution in [0.4, 0.5) is 0 Å². The van der Waals surface area contributed by atoms with E-state index in [0.29, 0.717) is 0 Å². The van der Waals surface area contributed by atoms with Crippen molar-refractivity contribution < 1.29 is 9.84 Å². The van der Waals surface area contributed by atoms with Gasteiger partial charge in [0.05, 0.1) is 17.3 Å². The van der Waals surface area contributed by atoms with Crippen LogP contribution in [0.5, 0.6) is 0 Å². The minimum Gasteiger partial charge on any atom is -0.388 e. The summed E-state index contributed by atoms with van der Waals surface area (Å²) >= 11 is 0. The fraction of sp³-hybridized carbons (Fsp3) is 1.00. The normalized spacial score (nSPS) is 15.6. The smallest absolute Gasteiger partial charge is 0.0861 e. The molecule has 1 N–H and O–H groups in total. The van der Waals surface area contributed by atoms with Gasteiger partial charge in [-0.25, -0.2) is 0 Å². The second-order valence-electron chi connectivity index (χ2n) is 5.18. The van der Waals surface area contributed by atoms with Crippen LogP contribution in [0.1, 0.15) is 60.8 Å². The molecule has 0 amide bonds. The average molecular weight is 202 g/mol. The molecule has 0 saturated heterocycles. The van der Waals surface area contributed by atoms with Crippen molar-refractivity contribution in [2.45, 2.75) is 78.1 Å². The first-order valence-corrected chi connectivity index (χ1v) is 5.63. The van der Waals surface area contributed by atoms with Gasteiger partial charge in [0, 0.05) is 0 Å². The predicted octanol–water partition coefficient (Wildman–Crippen LogP) is 3.13. The van der Waals surface area contributed by atoms with E-state index in [2.05, 4.69) is 20.8 Å². The van der Waals surface area contributed by atoms with Crippen molar-refractivity contribution in [3.05, 3.63) is 0 Å². The van der Waals surface area contributed by atoms with Crippen molar-refractivity contribution in [2.75, 3.05) is 0 Å². The molecule has 1 unspecified atom stereocenters. The summed E-state index contributed by atoms with van der Waals surface area (Å²) in [6.45, 7) is 12.0. The summed E-state index contributed by atoms with van der Waals surface area (Å²) in [6.07, 6.45) is 2.90. The molecule has 0 fully saturated rings. The maximum absolute atomic E-state index is 9.88. The molecule has 0 aromatic heterocycles. The molecule has 0 bridgehead atoms. The molecule has 0 aromatic carbocycles. The molecule has 0 aromatic rings. The summed E-state index contributed by atoms with van der Waals surface area (Å²) in [4.78, 5) is 0. The molecule has 0 aliphatic rings. The zero-order valence-corrected chi connectivity index (χ0v) is 10.6. The molecule has 0 aliphatic heterocycles. The zero-order valence-electron chi connectivity index (χ0n) is 10.6. The van der Waals surface area contributed by atoms with Gasteiger partial charge in [-0.3, -0.25) is 0 Å². The first-order chi connectivity index (χ1) is 6.23. The van der Waals surface area contributed by atoms with E-state index in [1.807, 2.05) is 20.8 Å². The third-order valence-electron chi connectivity index (χ3n) is 2.47. The molecule has 0 radical (unpaired) electrons. The average Bonchev–Trinajstić information content (AvgIpc) is 1.98. The fourth-order valence-corrected chi connectivity index (χ4v) is 1.77. The Morgan fingerprint density at radius 1 is 1.14 bits per heavy atom. The lowest BCUT2D eigenvalue weighted by Gasteiger charge is -2.36. The lowest BCUT2D eigenvalue weighted by atomic mass is 9.96. The molecule has 0 saturated carbocycles. The van der Waals surface area contributed by atoms with Crippen LogP contribution in [0.25, 0.3) is 0 Å². The van der Waals surface area contributed by atoms with E-state index in [0.717, 1.165) is 19.3 Å². The summed E-state index contributed by atoms with van der Waals surface area (Å²) in [7, 11) is 0. The molecular weight excluding hydrogens is 176 g/mol. The summed E-state index contributed by atoms with van der Waals surface area (Å²) in [5.41, 5.74) is -0.880. The molecule has 2 nitrogen and oxygen atoms in total. The van der Waals surface area contributed by atoms with Gasteiger partial charge in [0.15, 0.2) is 0 Å². The Kier molecular flexibility index (Phi) is 5.10. The first-order valence-electron chi connectivity index (χ1n) is 5.63. The molecule has 0 rings (SSSR count). The van der Waals surface area contributed by atoms with Gasteiger partial charge in [-0.15, -0.1) is 0 Å². The van der Waals surface area contributed by atoms with E-state index >= 15 is 0 Å². The molecule has 14 heavy (non-hydrogen) atoms. The zero-order chi connectivity index (χ0) is 11.4. The molecule has 0 heterocycles. The molecule has 2 heteroatoms. The summed E-state index contributed by atoms with van der Waals surface area (Å²) in [6, 6.07) is 0. The largest absolute Gasteiger partial charge is 0.388 e. The van der Waals surface area contributed by atoms with Crippen LogP contribution in [-0.4, -0.2) is 22.4 Å². The highest BCUT2D eigenvalue weighted by Gasteiger charge is 2.31. The van der Waals surface area contributed by atoms with Crippen molar-refractivity contribution in [1.29, 1.82) is 0 Å². The second kappa shape index (κ2) is 5.13. The van der Waals surface area contributed by atoms with Crippen molar-refractivity contribution in [3.8, 4) is 0 Å². The number of ether oxygens (including phenoxy) is 1. The van der Waals surface area contributed by atoms with Crippen LogP contribution < -0.4 is 0 Å². The first kappa shape index (κ1) is 13.9.